The highest BCUT2D eigenvalue weighted by Crippen LogP contribution is 2.50. The molecule has 0 radical (unpaired) electrons. The van der Waals surface area contributed by atoms with Gasteiger partial charge in [-0.2, -0.15) is 0 Å². The Morgan fingerprint density at radius 1 is 0.646 bits per heavy atom. The fraction of sp³-hybridized carbons (Fsp3) is 0.444. The van der Waals surface area contributed by atoms with Gasteiger partial charge in [-0.05, 0) is 66.2 Å². The summed E-state index contributed by atoms with van der Waals surface area (Å²) in [6.45, 7) is 20.9. The Morgan fingerprint density at radius 2 is 1.02 bits per heavy atom. The molecule has 0 aliphatic carbocycles. The topological polar surface area (TPSA) is 159 Å². The number of nitrogens with zero attached hydrogens (tertiary/aromatic N) is 3. The predicted molar refractivity (Wildman–Crippen MR) is 189 cm³/mol. The molecule has 0 bridgehead atoms. The predicted octanol–water partition coefficient (Wildman–Crippen LogP) is 5.95. The van der Waals surface area contributed by atoms with Crippen molar-refractivity contribution in [3.05, 3.63) is 71.8 Å². The zero-order chi connectivity index (χ0) is 36.2. The van der Waals surface area contributed by atoms with Gasteiger partial charge < -0.3 is 35.1 Å². The van der Waals surface area contributed by atoms with Gasteiger partial charge in [0, 0.05) is 66.8 Å². The summed E-state index contributed by atoms with van der Waals surface area (Å²) >= 11 is 1.95. The second kappa shape index (κ2) is 17.9. The molecule has 1 saturated heterocycles. The number of aliphatic carboxylic acids is 4. The van der Waals surface area contributed by atoms with Crippen LogP contribution in [-0.2, 0) is 30.0 Å². The van der Waals surface area contributed by atoms with E-state index >= 15 is 0 Å². The van der Waals surface area contributed by atoms with Crippen molar-refractivity contribution in [2.75, 3.05) is 51.2 Å². The summed E-state index contributed by atoms with van der Waals surface area (Å²) in [6.07, 6.45) is 3.42. The van der Waals surface area contributed by atoms with E-state index in [1.807, 2.05) is 11.8 Å². The molecule has 0 aromatic heterocycles. The Morgan fingerprint density at radius 3 is 1.35 bits per heavy atom. The van der Waals surface area contributed by atoms with Crippen LogP contribution >= 0.6 is 11.8 Å². The van der Waals surface area contributed by atoms with Gasteiger partial charge in [0.2, 0.25) is 0 Å². The Labute approximate surface area is 287 Å². The Kier molecular flexibility index (Phi) is 14.9. The summed E-state index contributed by atoms with van der Waals surface area (Å²) in [6, 6.07) is 14.3. The van der Waals surface area contributed by atoms with Crippen LogP contribution in [0.4, 0.5) is 11.4 Å². The first-order valence-electron chi connectivity index (χ1n) is 15.7. The minimum Gasteiger partial charge on any atom is -0.478 e. The van der Waals surface area contributed by atoms with Gasteiger partial charge in [-0.15, -0.1) is 0 Å². The number of hydrogen-bond donors (Lipinski definition) is 4. The molecule has 4 N–H and O–H groups in total. The van der Waals surface area contributed by atoms with Crippen LogP contribution in [0.15, 0.2) is 70.5 Å². The van der Waals surface area contributed by atoms with Crippen LogP contribution in [0.2, 0.25) is 0 Å². The van der Waals surface area contributed by atoms with Crippen molar-refractivity contribution in [1.82, 2.24) is 9.80 Å². The summed E-state index contributed by atoms with van der Waals surface area (Å²) in [5, 5.41) is 31.2. The van der Waals surface area contributed by atoms with Gasteiger partial charge in [0.05, 0.1) is 11.4 Å². The number of likely N-dealkylation sites (N-methyl/N-ethyl adjacent to an activating group) is 1. The molecule has 2 aliphatic rings. The van der Waals surface area contributed by atoms with E-state index in [2.05, 4.69) is 99.7 Å². The summed E-state index contributed by atoms with van der Waals surface area (Å²) in [5.41, 5.74) is 5.90. The van der Waals surface area contributed by atoms with Gasteiger partial charge in [0.15, 0.2) is 0 Å². The van der Waals surface area contributed by atoms with E-state index < -0.39 is 23.9 Å². The van der Waals surface area contributed by atoms with Crippen LogP contribution in [0.5, 0.6) is 0 Å². The number of carboxylic acid groups (broad SMARTS) is 4. The quantitative estimate of drug-likeness (QED) is 0.243. The van der Waals surface area contributed by atoms with Crippen molar-refractivity contribution in [2.24, 2.45) is 0 Å². The van der Waals surface area contributed by atoms with E-state index in [0.29, 0.717) is 24.3 Å². The lowest BCUT2D eigenvalue weighted by Gasteiger charge is -2.36. The highest BCUT2D eigenvalue weighted by molar-refractivity contribution is 7.99. The number of carbonyl (C=O) groups is 4. The third-order valence-corrected chi connectivity index (χ3v) is 8.74. The number of carboxylic acids is 4. The first-order chi connectivity index (χ1) is 22.3. The maximum absolute atomic E-state index is 9.55. The summed E-state index contributed by atoms with van der Waals surface area (Å²) in [5.74, 6) is -5.03. The number of piperazine rings is 1. The van der Waals surface area contributed by atoms with E-state index in [1.54, 1.807) is 0 Å². The van der Waals surface area contributed by atoms with Crippen LogP contribution in [0.1, 0.15) is 59.1 Å². The first kappa shape index (κ1) is 40.0. The minimum absolute atomic E-state index is 0.162. The molecule has 0 amide bonds. The van der Waals surface area contributed by atoms with Crippen molar-refractivity contribution >= 4 is 47.0 Å². The van der Waals surface area contributed by atoms with E-state index in [-0.39, 0.29) is 10.8 Å². The second-order valence-corrected chi connectivity index (χ2v) is 14.7. The lowest BCUT2D eigenvalue weighted by Crippen LogP contribution is -2.45. The fourth-order valence-electron chi connectivity index (χ4n) is 4.87. The van der Waals surface area contributed by atoms with Gasteiger partial charge in [-0.1, -0.05) is 65.4 Å². The van der Waals surface area contributed by atoms with Gasteiger partial charge in [-0.25, -0.2) is 19.2 Å². The normalized spacial score (nSPS) is 15.1. The number of fused-ring (bicyclic) bond motifs is 2. The molecule has 48 heavy (non-hydrogen) atoms. The molecule has 1 fully saturated rings. The maximum atomic E-state index is 9.55. The number of hydrogen-bond acceptors (Lipinski definition) is 8. The smallest absolute Gasteiger partial charge is 0.328 e. The van der Waals surface area contributed by atoms with Crippen molar-refractivity contribution in [2.45, 2.75) is 68.6 Å². The summed E-state index contributed by atoms with van der Waals surface area (Å²) in [4.78, 5) is 48.7. The van der Waals surface area contributed by atoms with E-state index in [1.165, 1.54) is 71.4 Å². The van der Waals surface area contributed by atoms with Crippen LogP contribution in [0, 0.1) is 0 Å². The van der Waals surface area contributed by atoms with Gasteiger partial charge in [0.1, 0.15) is 0 Å². The maximum Gasteiger partial charge on any atom is 0.328 e. The van der Waals surface area contributed by atoms with Crippen molar-refractivity contribution in [1.29, 1.82) is 0 Å². The van der Waals surface area contributed by atoms with Gasteiger partial charge in [0.25, 0.3) is 0 Å². The monoisotopic (exact) mass is 683 g/mol. The lowest BCUT2D eigenvalue weighted by molar-refractivity contribution is -0.134. The van der Waals surface area contributed by atoms with Crippen LogP contribution in [0.25, 0.3) is 0 Å². The molecule has 11 nitrogen and oxygen atoms in total. The highest BCUT2D eigenvalue weighted by Gasteiger charge is 2.27. The van der Waals surface area contributed by atoms with E-state index in [0.717, 1.165) is 6.54 Å². The van der Waals surface area contributed by atoms with Crippen LogP contribution in [0.3, 0.4) is 0 Å². The van der Waals surface area contributed by atoms with Gasteiger partial charge in [-0.3, -0.25) is 0 Å². The molecule has 2 aliphatic heterocycles. The molecule has 4 rings (SSSR count). The van der Waals surface area contributed by atoms with Crippen molar-refractivity contribution in [3.63, 3.8) is 0 Å². The Bertz CT molecular complexity index is 1370. The fourth-order valence-corrected chi connectivity index (χ4v) is 6.04. The summed E-state index contributed by atoms with van der Waals surface area (Å²) in [7, 11) is 2.23. The molecule has 0 spiro atoms. The molecule has 0 saturated carbocycles. The minimum atomic E-state index is -1.26. The molecular weight excluding hydrogens is 634 g/mol. The average molecular weight is 684 g/mol. The van der Waals surface area contributed by atoms with Gasteiger partial charge >= 0.3 is 23.9 Å². The molecule has 12 heteroatoms. The third-order valence-electron chi connectivity index (χ3n) is 7.64. The average Bonchev–Trinajstić information content (AvgIpc) is 2.98. The molecule has 0 unspecified atom stereocenters. The Balaban J connectivity index is 0.000000414. The number of benzene rings is 2. The molecule has 0 atom stereocenters. The third kappa shape index (κ3) is 13.5. The number of anilines is 2. The summed E-state index contributed by atoms with van der Waals surface area (Å²) < 4.78 is 0. The highest BCUT2D eigenvalue weighted by atomic mass is 32.2. The van der Waals surface area contributed by atoms with E-state index in [4.69, 9.17) is 20.4 Å². The molecule has 262 valence electrons. The SMILES string of the molecule is CN1CCN(CCCN2c3ccc(C(C)(C)C)cc3Sc3cc(C(C)(C)C)ccc32)CC1.O=C(O)/C=C\C(=O)O.O=C(O)/C=C\C(=O)O. The molecular formula is C36H49N3O8S. The standard InChI is InChI=1S/C28H41N3S.2C4H4O4/c1-27(2,3)21-9-11-23-25(19-21)32-26-20-22(28(4,5)6)10-12-24(26)31(23)14-8-13-30-17-15-29(7)16-18-30;2*5-3(6)1-2-4(7)8/h9-12,19-20H,8,13-18H2,1-7H3;2*1-2H,(H,5,6)(H,7,8)/b;2*2-1-. The zero-order valence-corrected chi connectivity index (χ0v) is 29.7. The number of rotatable bonds is 8. The molecule has 2 heterocycles. The van der Waals surface area contributed by atoms with Crippen LogP contribution in [-0.4, -0.2) is 100 Å². The largest absolute Gasteiger partial charge is 0.478 e. The first-order valence-corrected chi connectivity index (χ1v) is 16.5. The zero-order valence-electron chi connectivity index (χ0n) is 28.9. The second-order valence-electron chi connectivity index (χ2n) is 13.6. The van der Waals surface area contributed by atoms with Crippen molar-refractivity contribution < 1.29 is 39.6 Å². The van der Waals surface area contributed by atoms with Crippen molar-refractivity contribution in [3.8, 4) is 0 Å². The lowest BCUT2D eigenvalue weighted by atomic mass is 9.86. The molecule has 2 aromatic carbocycles. The van der Waals surface area contributed by atoms with E-state index in [9.17, 15) is 19.2 Å². The Hall–Kier alpha value is -4.13. The molecule has 2 aromatic rings. The van der Waals surface area contributed by atoms with Crippen LogP contribution < -0.4 is 4.90 Å².